The van der Waals surface area contributed by atoms with Crippen LogP contribution in [0.1, 0.15) is 83.4 Å². The Hall–Kier alpha value is -4.11. The van der Waals surface area contributed by atoms with Gasteiger partial charge < -0.3 is 19.6 Å². The molecular weight excluding hydrogens is 614 g/mol. The Balaban J connectivity index is 1.56. The van der Waals surface area contributed by atoms with Gasteiger partial charge in [-0.1, -0.05) is 26.0 Å². The van der Waals surface area contributed by atoms with Gasteiger partial charge in [0.15, 0.2) is 5.78 Å². The van der Waals surface area contributed by atoms with Gasteiger partial charge in [0.1, 0.15) is 17.4 Å². The standard InChI is InChI=1S/C39H48F2N2O5/c1-5-12-42(13-6-2)39(47)32-16-26(3)15-30(22-32)36(44)23-31(17-28-18-33(40)24-34(41)19-28)38(46)29-10-8-14-43(25-29)37(45)21-27-9-7-11-35(20-27)48-4/h7,9,11,15-16,18-20,22,24,29,31,38,46H,5-6,8,10,12-14,17,21,23,25H2,1-4H3/t29-,31-,38-/m1/s1. The van der Waals surface area contributed by atoms with Crippen molar-refractivity contribution in [3.8, 4) is 5.75 Å². The first-order valence-electron chi connectivity index (χ1n) is 17.0. The molecule has 0 saturated carbocycles. The van der Waals surface area contributed by atoms with E-state index >= 15 is 0 Å². The number of carbonyl (C=O) groups is 3. The maximum Gasteiger partial charge on any atom is 0.253 e. The maximum atomic E-state index is 14.2. The third-order valence-corrected chi connectivity index (χ3v) is 9.05. The molecule has 1 fully saturated rings. The number of carbonyl (C=O) groups excluding carboxylic acids is 3. The van der Waals surface area contributed by atoms with Crippen LogP contribution in [0.3, 0.4) is 0 Å². The summed E-state index contributed by atoms with van der Waals surface area (Å²) in [6, 6.07) is 15.7. The van der Waals surface area contributed by atoms with E-state index in [0.717, 1.165) is 30.0 Å². The molecule has 0 bridgehead atoms. The monoisotopic (exact) mass is 662 g/mol. The lowest BCUT2D eigenvalue weighted by Gasteiger charge is -2.38. The minimum Gasteiger partial charge on any atom is -0.497 e. The van der Waals surface area contributed by atoms with Crippen LogP contribution in [-0.2, 0) is 17.6 Å². The second-order valence-electron chi connectivity index (χ2n) is 13.0. The number of halogens is 2. The molecule has 1 saturated heterocycles. The van der Waals surface area contributed by atoms with Crippen LogP contribution in [0, 0.1) is 30.4 Å². The maximum absolute atomic E-state index is 14.2. The number of aliphatic hydroxyl groups is 1. The molecule has 1 aliphatic heterocycles. The van der Waals surface area contributed by atoms with Crippen LogP contribution in [0.25, 0.3) is 0 Å². The number of aryl methyl sites for hydroxylation is 1. The van der Waals surface area contributed by atoms with Crippen LogP contribution < -0.4 is 4.74 Å². The fourth-order valence-corrected chi connectivity index (χ4v) is 6.78. The second kappa shape index (κ2) is 17.3. The molecule has 0 unspecified atom stereocenters. The van der Waals surface area contributed by atoms with Crippen LogP contribution in [0.4, 0.5) is 8.78 Å². The van der Waals surface area contributed by atoms with Gasteiger partial charge in [0, 0.05) is 55.7 Å². The van der Waals surface area contributed by atoms with Gasteiger partial charge in [0.05, 0.1) is 19.6 Å². The number of hydrogen-bond acceptors (Lipinski definition) is 5. The van der Waals surface area contributed by atoms with E-state index in [1.807, 2.05) is 45.0 Å². The minimum absolute atomic E-state index is 0.0637. The number of hydrogen-bond donors (Lipinski definition) is 1. The number of benzene rings is 3. The molecule has 0 aromatic heterocycles. The summed E-state index contributed by atoms with van der Waals surface area (Å²) in [7, 11) is 1.57. The van der Waals surface area contributed by atoms with Crippen molar-refractivity contribution in [1.82, 2.24) is 9.80 Å². The molecule has 0 aliphatic carbocycles. The third-order valence-electron chi connectivity index (χ3n) is 9.05. The topological polar surface area (TPSA) is 87.2 Å². The first-order chi connectivity index (χ1) is 23.0. The van der Waals surface area contributed by atoms with Crippen LogP contribution in [0.15, 0.2) is 60.7 Å². The Kier molecular flexibility index (Phi) is 13.3. The molecule has 0 spiro atoms. The third kappa shape index (κ3) is 9.95. The van der Waals surface area contributed by atoms with E-state index < -0.39 is 23.7 Å². The number of amides is 2. The highest BCUT2D eigenvalue weighted by atomic mass is 19.1. The average Bonchev–Trinajstić information content (AvgIpc) is 3.06. The smallest absolute Gasteiger partial charge is 0.253 e. The molecule has 1 N–H and O–H groups in total. The predicted molar refractivity (Wildman–Crippen MR) is 182 cm³/mol. The normalized spacial score (nSPS) is 15.9. The van der Waals surface area contributed by atoms with Crippen molar-refractivity contribution in [3.05, 3.63) is 100 Å². The number of likely N-dealkylation sites (tertiary alicyclic amines) is 1. The molecule has 2 amide bonds. The average molecular weight is 663 g/mol. The van der Waals surface area contributed by atoms with E-state index in [1.165, 1.54) is 12.1 Å². The van der Waals surface area contributed by atoms with Crippen molar-refractivity contribution >= 4 is 17.6 Å². The van der Waals surface area contributed by atoms with Crippen molar-refractivity contribution in [3.63, 3.8) is 0 Å². The van der Waals surface area contributed by atoms with Crippen molar-refractivity contribution in [1.29, 1.82) is 0 Å². The number of aliphatic hydroxyl groups excluding tert-OH is 1. The Morgan fingerprint density at radius 3 is 2.31 bits per heavy atom. The van der Waals surface area contributed by atoms with Crippen molar-refractivity contribution in [2.24, 2.45) is 11.8 Å². The highest BCUT2D eigenvalue weighted by Crippen LogP contribution is 2.30. The molecule has 7 nitrogen and oxygen atoms in total. The molecule has 3 aromatic carbocycles. The zero-order chi connectivity index (χ0) is 34.8. The number of rotatable bonds is 15. The Bertz CT molecular complexity index is 1550. The van der Waals surface area contributed by atoms with Crippen molar-refractivity contribution in [2.75, 3.05) is 33.3 Å². The predicted octanol–water partition coefficient (Wildman–Crippen LogP) is 6.82. The number of piperidine rings is 1. The zero-order valence-corrected chi connectivity index (χ0v) is 28.5. The summed E-state index contributed by atoms with van der Waals surface area (Å²) in [5, 5.41) is 11.8. The Labute approximate surface area is 282 Å². The van der Waals surface area contributed by atoms with Gasteiger partial charge in [0.25, 0.3) is 5.91 Å². The molecule has 48 heavy (non-hydrogen) atoms. The summed E-state index contributed by atoms with van der Waals surface area (Å²) in [6.07, 6.45) is 2.07. The molecule has 0 radical (unpaired) electrons. The Morgan fingerprint density at radius 1 is 0.958 bits per heavy atom. The number of ketones is 1. The van der Waals surface area contributed by atoms with Crippen LogP contribution in [0.5, 0.6) is 5.75 Å². The summed E-state index contributed by atoms with van der Waals surface area (Å²) in [5.74, 6) is -2.31. The quantitative estimate of drug-likeness (QED) is 0.181. The first-order valence-corrected chi connectivity index (χ1v) is 17.0. The molecule has 258 valence electrons. The summed E-state index contributed by atoms with van der Waals surface area (Å²) >= 11 is 0. The zero-order valence-electron chi connectivity index (χ0n) is 28.5. The van der Waals surface area contributed by atoms with Gasteiger partial charge in [-0.3, -0.25) is 14.4 Å². The lowest BCUT2D eigenvalue weighted by atomic mass is 9.79. The first kappa shape index (κ1) is 36.7. The lowest BCUT2D eigenvalue weighted by Crippen LogP contribution is -2.46. The molecule has 3 atom stereocenters. The fourth-order valence-electron chi connectivity index (χ4n) is 6.78. The number of Topliss-reactive ketones (excluding diaryl/α,β-unsaturated/α-hetero) is 1. The van der Waals surface area contributed by atoms with E-state index in [-0.39, 0.29) is 42.8 Å². The summed E-state index contributed by atoms with van der Waals surface area (Å²) in [5.41, 5.74) is 2.71. The van der Waals surface area contributed by atoms with E-state index in [9.17, 15) is 28.3 Å². The summed E-state index contributed by atoms with van der Waals surface area (Å²) < 4.78 is 33.7. The summed E-state index contributed by atoms with van der Waals surface area (Å²) in [6.45, 7) is 7.94. The molecule has 3 aromatic rings. The second-order valence-corrected chi connectivity index (χ2v) is 13.0. The van der Waals surface area contributed by atoms with E-state index in [4.69, 9.17) is 4.74 Å². The van der Waals surface area contributed by atoms with Crippen LogP contribution in [0.2, 0.25) is 0 Å². The van der Waals surface area contributed by atoms with Gasteiger partial charge in [-0.15, -0.1) is 0 Å². The fraction of sp³-hybridized carbons (Fsp3) is 0.462. The van der Waals surface area contributed by atoms with Gasteiger partial charge in [-0.2, -0.15) is 0 Å². The van der Waals surface area contributed by atoms with E-state index in [2.05, 4.69) is 0 Å². The number of ether oxygens (including phenoxy) is 1. The molecule has 1 heterocycles. The van der Waals surface area contributed by atoms with E-state index in [0.29, 0.717) is 61.5 Å². The molecule has 9 heteroatoms. The van der Waals surface area contributed by atoms with Gasteiger partial charge in [0.2, 0.25) is 5.91 Å². The van der Waals surface area contributed by atoms with E-state index in [1.54, 1.807) is 35.1 Å². The number of methoxy groups -OCH3 is 1. The van der Waals surface area contributed by atoms with Crippen LogP contribution in [-0.4, -0.2) is 71.9 Å². The van der Waals surface area contributed by atoms with Gasteiger partial charge in [-0.05, 0) is 104 Å². The number of nitrogens with zero attached hydrogens (tertiary/aromatic N) is 2. The highest BCUT2D eigenvalue weighted by molar-refractivity contribution is 6.01. The highest BCUT2D eigenvalue weighted by Gasteiger charge is 2.34. The van der Waals surface area contributed by atoms with Gasteiger partial charge >= 0.3 is 0 Å². The van der Waals surface area contributed by atoms with Crippen molar-refractivity contribution in [2.45, 2.75) is 71.8 Å². The molecular formula is C39H48F2N2O5. The molecule has 4 rings (SSSR count). The van der Waals surface area contributed by atoms with Crippen molar-refractivity contribution < 1.29 is 33.0 Å². The van der Waals surface area contributed by atoms with Crippen LogP contribution >= 0.6 is 0 Å². The molecule has 1 aliphatic rings. The lowest BCUT2D eigenvalue weighted by molar-refractivity contribution is -0.133. The minimum atomic E-state index is -1.02. The Morgan fingerprint density at radius 2 is 1.65 bits per heavy atom. The summed E-state index contributed by atoms with van der Waals surface area (Å²) in [4.78, 5) is 44.1. The van der Waals surface area contributed by atoms with Gasteiger partial charge in [-0.25, -0.2) is 8.78 Å². The largest absolute Gasteiger partial charge is 0.497 e. The SMILES string of the molecule is CCCN(CCC)C(=O)c1cc(C)cc(C(=O)C[C@@H](Cc2cc(F)cc(F)c2)[C@H](O)[C@@H]2CCCN(C(=O)Cc3cccc(OC)c3)C2)c1.